The summed E-state index contributed by atoms with van der Waals surface area (Å²) in [6, 6.07) is 19.2. The van der Waals surface area contributed by atoms with E-state index >= 15 is 0 Å². The lowest BCUT2D eigenvalue weighted by Crippen LogP contribution is -2.50. The molecule has 1 heterocycles. The normalized spacial score (nSPS) is 14.3. The molecular weight excluding hydrogens is 426 g/mol. The molecule has 0 aliphatic carbocycles. The number of hydrogen-bond acceptors (Lipinski definition) is 3. The van der Waals surface area contributed by atoms with E-state index in [2.05, 4.69) is 15.1 Å². The standard InChI is InChI=1S/C25H24F2N4O2/c26-20-6-4-18(5-7-20)17-28-25(29-22-3-1-2-19(16-22)24(32)33)31-14-12-30(13-15-31)23-10-8-21(27)9-11-23/h1-11,16H,12-15,17H2,(H,28,29)(H,32,33). The largest absolute Gasteiger partial charge is 0.478 e. The molecule has 0 saturated carbocycles. The summed E-state index contributed by atoms with van der Waals surface area (Å²) in [5.41, 5.74) is 2.62. The Morgan fingerprint density at radius 1 is 0.909 bits per heavy atom. The summed E-state index contributed by atoms with van der Waals surface area (Å²) in [7, 11) is 0. The summed E-state index contributed by atoms with van der Waals surface area (Å²) in [4.78, 5) is 20.3. The first-order valence-electron chi connectivity index (χ1n) is 10.6. The topological polar surface area (TPSA) is 68.2 Å². The van der Waals surface area contributed by atoms with Crippen LogP contribution >= 0.6 is 0 Å². The van der Waals surface area contributed by atoms with Crippen molar-refractivity contribution in [3.05, 3.63) is 95.6 Å². The molecule has 8 heteroatoms. The van der Waals surface area contributed by atoms with Gasteiger partial charge in [0.2, 0.25) is 0 Å². The number of aromatic carboxylic acids is 1. The van der Waals surface area contributed by atoms with E-state index in [0.29, 0.717) is 31.3 Å². The highest BCUT2D eigenvalue weighted by Gasteiger charge is 2.20. The van der Waals surface area contributed by atoms with Gasteiger partial charge >= 0.3 is 5.97 Å². The molecule has 0 unspecified atom stereocenters. The van der Waals surface area contributed by atoms with Gasteiger partial charge in [-0.1, -0.05) is 18.2 Å². The summed E-state index contributed by atoms with van der Waals surface area (Å²) >= 11 is 0. The van der Waals surface area contributed by atoms with Crippen LogP contribution in [0.4, 0.5) is 20.2 Å². The summed E-state index contributed by atoms with van der Waals surface area (Å²) in [5, 5.41) is 12.6. The second-order valence-electron chi connectivity index (χ2n) is 7.73. The molecule has 33 heavy (non-hydrogen) atoms. The van der Waals surface area contributed by atoms with Gasteiger partial charge in [0, 0.05) is 37.6 Å². The average molecular weight is 450 g/mol. The highest BCUT2D eigenvalue weighted by molar-refractivity contribution is 5.96. The Morgan fingerprint density at radius 3 is 2.18 bits per heavy atom. The molecule has 0 atom stereocenters. The van der Waals surface area contributed by atoms with E-state index in [1.165, 1.54) is 30.3 Å². The predicted octanol–water partition coefficient (Wildman–Crippen LogP) is 4.45. The summed E-state index contributed by atoms with van der Waals surface area (Å²) in [5.74, 6) is -0.958. The van der Waals surface area contributed by atoms with Gasteiger partial charge in [-0.3, -0.25) is 0 Å². The number of hydrogen-bond donors (Lipinski definition) is 2. The molecule has 3 aromatic rings. The number of nitrogens with one attached hydrogen (secondary N) is 1. The molecule has 0 bridgehead atoms. The number of benzene rings is 3. The summed E-state index contributed by atoms with van der Waals surface area (Å²) in [6.45, 7) is 3.13. The zero-order valence-electron chi connectivity index (χ0n) is 17.9. The molecule has 1 fully saturated rings. The van der Waals surface area contributed by atoms with Crippen LogP contribution in [0.1, 0.15) is 15.9 Å². The fourth-order valence-corrected chi connectivity index (χ4v) is 3.66. The first-order valence-corrected chi connectivity index (χ1v) is 10.6. The van der Waals surface area contributed by atoms with Gasteiger partial charge < -0.3 is 20.2 Å². The minimum atomic E-state index is -1.00. The fourth-order valence-electron chi connectivity index (χ4n) is 3.66. The first kappa shape index (κ1) is 22.3. The SMILES string of the molecule is O=C(O)c1cccc(NC(=NCc2ccc(F)cc2)N2CCN(c3ccc(F)cc3)CC2)c1. The number of nitrogens with zero attached hydrogens (tertiary/aromatic N) is 3. The molecule has 3 aromatic carbocycles. The van der Waals surface area contributed by atoms with Crippen molar-refractivity contribution < 1.29 is 18.7 Å². The molecule has 4 rings (SSSR count). The Labute approximate surface area is 190 Å². The van der Waals surface area contributed by atoms with Gasteiger partial charge in [-0.15, -0.1) is 0 Å². The number of carboxylic acid groups (broad SMARTS) is 1. The number of anilines is 2. The number of aliphatic imine (C=N–C) groups is 1. The van der Waals surface area contributed by atoms with Gasteiger partial charge in [-0.25, -0.2) is 18.6 Å². The van der Waals surface area contributed by atoms with E-state index in [0.717, 1.165) is 24.3 Å². The van der Waals surface area contributed by atoms with Crippen molar-refractivity contribution in [3.63, 3.8) is 0 Å². The molecule has 1 aliphatic heterocycles. The van der Waals surface area contributed by atoms with Gasteiger partial charge in [0.15, 0.2) is 5.96 Å². The average Bonchev–Trinajstić information content (AvgIpc) is 2.83. The number of guanidine groups is 1. The van der Waals surface area contributed by atoms with E-state index < -0.39 is 5.97 Å². The molecule has 1 aliphatic rings. The van der Waals surface area contributed by atoms with Crippen LogP contribution in [0.15, 0.2) is 77.8 Å². The minimum absolute atomic E-state index is 0.180. The van der Waals surface area contributed by atoms with Gasteiger partial charge in [0.25, 0.3) is 0 Å². The first-order chi connectivity index (χ1) is 16.0. The summed E-state index contributed by atoms with van der Waals surface area (Å²) in [6.07, 6.45) is 0. The molecule has 170 valence electrons. The van der Waals surface area contributed by atoms with Gasteiger partial charge in [-0.2, -0.15) is 0 Å². The van der Waals surface area contributed by atoms with Crippen LogP contribution in [-0.2, 0) is 6.54 Å². The highest BCUT2D eigenvalue weighted by Crippen LogP contribution is 2.18. The zero-order valence-corrected chi connectivity index (χ0v) is 17.9. The third-order valence-electron chi connectivity index (χ3n) is 5.46. The molecule has 6 nitrogen and oxygen atoms in total. The number of halogens is 2. The van der Waals surface area contributed by atoms with Crippen molar-refractivity contribution in [2.75, 3.05) is 36.4 Å². The third kappa shape index (κ3) is 5.85. The summed E-state index contributed by atoms with van der Waals surface area (Å²) < 4.78 is 26.5. The molecule has 0 spiro atoms. The monoisotopic (exact) mass is 450 g/mol. The zero-order chi connectivity index (χ0) is 23.2. The Balaban J connectivity index is 1.51. The molecule has 1 saturated heterocycles. The molecular formula is C25H24F2N4O2. The second-order valence-corrected chi connectivity index (χ2v) is 7.73. The van der Waals surface area contributed by atoms with Crippen LogP contribution < -0.4 is 10.2 Å². The lowest BCUT2D eigenvalue weighted by molar-refractivity contribution is 0.0697. The third-order valence-corrected chi connectivity index (χ3v) is 5.46. The number of carboxylic acids is 1. The van der Waals surface area contributed by atoms with Gasteiger partial charge in [0.05, 0.1) is 12.1 Å². The van der Waals surface area contributed by atoms with Crippen LogP contribution in [0.2, 0.25) is 0 Å². The Morgan fingerprint density at radius 2 is 1.55 bits per heavy atom. The smallest absolute Gasteiger partial charge is 0.335 e. The van der Waals surface area contributed by atoms with Crippen molar-refractivity contribution in [2.45, 2.75) is 6.54 Å². The minimum Gasteiger partial charge on any atom is -0.478 e. The number of rotatable bonds is 5. The van der Waals surface area contributed by atoms with Crippen molar-refractivity contribution in [3.8, 4) is 0 Å². The number of carbonyl (C=O) groups is 1. The Hall–Kier alpha value is -3.94. The maximum Gasteiger partial charge on any atom is 0.335 e. The quantitative estimate of drug-likeness (QED) is 0.444. The second kappa shape index (κ2) is 10.1. The Kier molecular flexibility index (Phi) is 6.83. The van der Waals surface area contributed by atoms with Crippen molar-refractivity contribution >= 4 is 23.3 Å². The van der Waals surface area contributed by atoms with Crippen LogP contribution in [0.5, 0.6) is 0 Å². The molecule has 0 aromatic heterocycles. The van der Waals surface area contributed by atoms with E-state index in [4.69, 9.17) is 4.99 Å². The number of piperazine rings is 1. The lowest BCUT2D eigenvalue weighted by Gasteiger charge is -2.37. The van der Waals surface area contributed by atoms with Gasteiger partial charge in [-0.05, 0) is 60.2 Å². The fraction of sp³-hybridized carbons (Fsp3) is 0.200. The Bertz CT molecular complexity index is 1130. The van der Waals surface area contributed by atoms with Crippen LogP contribution in [-0.4, -0.2) is 48.1 Å². The lowest BCUT2D eigenvalue weighted by atomic mass is 10.2. The molecule has 0 amide bonds. The highest BCUT2D eigenvalue weighted by atomic mass is 19.1. The van der Waals surface area contributed by atoms with Crippen molar-refractivity contribution in [1.29, 1.82) is 0 Å². The maximum atomic E-state index is 13.2. The van der Waals surface area contributed by atoms with E-state index in [-0.39, 0.29) is 17.2 Å². The van der Waals surface area contributed by atoms with Crippen molar-refractivity contribution in [1.82, 2.24) is 4.90 Å². The van der Waals surface area contributed by atoms with Crippen LogP contribution in [0, 0.1) is 11.6 Å². The maximum absolute atomic E-state index is 13.2. The van der Waals surface area contributed by atoms with E-state index in [1.807, 2.05) is 0 Å². The van der Waals surface area contributed by atoms with E-state index in [1.54, 1.807) is 42.5 Å². The van der Waals surface area contributed by atoms with E-state index in [9.17, 15) is 18.7 Å². The van der Waals surface area contributed by atoms with Crippen LogP contribution in [0.25, 0.3) is 0 Å². The van der Waals surface area contributed by atoms with Crippen LogP contribution in [0.3, 0.4) is 0 Å². The molecule has 0 radical (unpaired) electrons. The predicted molar refractivity (Wildman–Crippen MR) is 125 cm³/mol. The van der Waals surface area contributed by atoms with Gasteiger partial charge in [0.1, 0.15) is 11.6 Å². The van der Waals surface area contributed by atoms with Crippen molar-refractivity contribution in [2.24, 2.45) is 4.99 Å². The molecule has 2 N–H and O–H groups in total.